The second kappa shape index (κ2) is 18.5. The zero-order chi connectivity index (χ0) is 26.6. The van der Waals surface area contributed by atoms with Gasteiger partial charge in [0.25, 0.3) is 0 Å². The van der Waals surface area contributed by atoms with Crippen LogP contribution in [0, 0.1) is 5.41 Å². The van der Waals surface area contributed by atoms with Gasteiger partial charge in [-0.2, -0.15) is 0 Å². The molecule has 4 N–H and O–H groups in total. The third-order valence-electron chi connectivity index (χ3n) is 6.33. The number of unbranched alkanes of at least 4 members (excludes halogenated alkanes) is 4. The van der Waals surface area contributed by atoms with Crippen LogP contribution in [-0.4, -0.2) is 60.8 Å². The first kappa shape index (κ1) is 30.5. The second-order valence-corrected chi connectivity index (χ2v) is 9.47. The number of aryl methyl sites for hydroxylation is 1. The van der Waals surface area contributed by atoms with Crippen molar-refractivity contribution in [2.45, 2.75) is 51.4 Å². The third kappa shape index (κ3) is 12.9. The van der Waals surface area contributed by atoms with Gasteiger partial charge >= 0.3 is 5.97 Å². The van der Waals surface area contributed by atoms with Crippen LogP contribution in [-0.2, 0) is 11.2 Å². The van der Waals surface area contributed by atoms with Gasteiger partial charge < -0.3 is 29.8 Å². The predicted molar refractivity (Wildman–Crippen MR) is 146 cm³/mol. The van der Waals surface area contributed by atoms with E-state index >= 15 is 0 Å². The summed E-state index contributed by atoms with van der Waals surface area (Å²) >= 11 is 0. The number of rotatable bonds is 17. The van der Waals surface area contributed by atoms with Gasteiger partial charge in [-0.25, -0.2) is 4.79 Å². The Labute approximate surface area is 220 Å². The van der Waals surface area contributed by atoms with E-state index in [1.807, 2.05) is 12.2 Å². The molecule has 0 aliphatic heterocycles. The monoisotopic (exact) mass is 513 g/mol. The Morgan fingerprint density at radius 1 is 0.973 bits per heavy atom. The Balaban J connectivity index is 0.000000510. The normalized spacial score (nSPS) is 16.6. The van der Waals surface area contributed by atoms with E-state index < -0.39 is 5.97 Å². The van der Waals surface area contributed by atoms with Crippen LogP contribution in [0.1, 0.15) is 61.1 Å². The number of ether oxygens (including phenoxy) is 1. The van der Waals surface area contributed by atoms with Gasteiger partial charge in [0, 0.05) is 25.2 Å². The Bertz CT molecular complexity index is 909. The first-order valence-corrected chi connectivity index (χ1v) is 13.3. The molecule has 0 bridgehead atoms. The molecule has 0 spiro atoms. The number of benzene rings is 1. The molecular formula is C30H43NO6. The summed E-state index contributed by atoms with van der Waals surface area (Å²) in [5.41, 5.74) is 2.14. The van der Waals surface area contributed by atoms with Gasteiger partial charge in [0.1, 0.15) is 0 Å². The maximum absolute atomic E-state index is 9.97. The van der Waals surface area contributed by atoms with E-state index in [4.69, 9.17) is 9.84 Å². The molecule has 0 fully saturated rings. The van der Waals surface area contributed by atoms with E-state index in [9.17, 15) is 15.0 Å². The van der Waals surface area contributed by atoms with Crippen molar-refractivity contribution in [2.24, 2.45) is 5.41 Å². The fourth-order valence-electron chi connectivity index (χ4n) is 4.18. The van der Waals surface area contributed by atoms with Gasteiger partial charge in [0.15, 0.2) is 0 Å². The van der Waals surface area contributed by atoms with Crippen molar-refractivity contribution in [3.63, 3.8) is 0 Å². The fourth-order valence-corrected chi connectivity index (χ4v) is 4.18. The number of aliphatic hydroxyl groups is 2. The minimum absolute atomic E-state index is 0.0231. The lowest BCUT2D eigenvalue weighted by atomic mass is 9.79. The Hall–Kier alpha value is -2.71. The maximum Gasteiger partial charge on any atom is 0.371 e. The lowest BCUT2D eigenvalue weighted by molar-refractivity contribution is 0.0662. The topological polar surface area (TPSA) is 112 Å². The average molecular weight is 514 g/mol. The van der Waals surface area contributed by atoms with Crippen molar-refractivity contribution in [2.75, 3.05) is 39.5 Å². The summed E-state index contributed by atoms with van der Waals surface area (Å²) in [6.45, 7) is 3.64. The first-order valence-electron chi connectivity index (χ1n) is 13.3. The number of carboxylic acid groups (broad SMARTS) is 1. The molecule has 3 rings (SSSR count). The Morgan fingerprint density at radius 2 is 1.73 bits per heavy atom. The molecule has 1 aliphatic rings. The first-order chi connectivity index (χ1) is 18.1. The molecule has 2 aromatic rings. The molecule has 0 radical (unpaired) electrons. The fraction of sp³-hybridized carbons (Fsp3) is 0.500. The lowest BCUT2D eigenvalue weighted by Gasteiger charge is -2.32. The summed E-state index contributed by atoms with van der Waals surface area (Å²) in [7, 11) is 0. The number of furan rings is 1. The quantitative estimate of drug-likeness (QED) is 0.220. The zero-order valence-electron chi connectivity index (χ0n) is 21.8. The van der Waals surface area contributed by atoms with Gasteiger partial charge in [0.2, 0.25) is 5.76 Å². The van der Waals surface area contributed by atoms with Crippen LogP contribution in [0.5, 0.6) is 0 Å². The van der Waals surface area contributed by atoms with Gasteiger partial charge in [-0.3, -0.25) is 0 Å². The maximum atomic E-state index is 9.97. The highest BCUT2D eigenvalue weighted by Crippen LogP contribution is 2.30. The van der Waals surface area contributed by atoms with E-state index in [0.717, 1.165) is 64.0 Å². The molecule has 0 amide bonds. The SMILES string of the molecule is O=C(O)c1ccco1.OCC1=CC=CC(CO)(CNCCCCCCOCCCCc2ccccc2)C1. The summed E-state index contributed by atoms with van der Waals surface area (Å²) in [6.07, 6.45) is 16.2. The van der Waals surface area contributed by atoms with Crippen LogP contribution in [0.3, 0.4) is 0 Å². The van der Waals surface area contributed by atoms with E-state index in [0.29, 0.717) is 0 Å². The predicted octanol–water partition coefficient (Wildman–Crippen LogP) is 5.01. The molecule has 1 aromatic carbocycles. The van der Waals surface area contributed by atoms with Crippen LogP contribution < -0.4 is 5.32 Å². The largest absolute Gasteiger partial charge is 0.475 e. The van der Waals surface area contributed by atoms with Crippen molar-refractivity contribution in [3.8, 4) is 0 Å². The summed E-state index contributed by atoms with van der Waals surface area (Å²) < 4.78 is 10.2. The Kier molecular flexibility index (Phi) is 15.3. The smallest absolute Gasteiger partial charge is 0.371 e. The summed E-state index contributed by atoms with van der Waals surface area (Å²) in [6, 6.07) is 13.6. The molecule has 1 unspecified atom stereocenters. The molecule has 1 atom stereocenters. The standard InChI is InChI=1S/C25H39NO3.C5H4O3/c27-20-24-14-10-15-25(19-24,22-28)21-26-16-7-1-2-8-17-29-18-9-6-13-23-11-4-3-5-12-23;6-5(7)4-2-1-3-8-4/h3-5,10-12,14-15,26-28H,1-2,6-9,13,16-22H2;1-3H,(H,6,7). The molecular weight excluding hydrogens is 470 g/mol. The number of allylic oxidation sites excluding steroid dienone is 2. The van der Waals surface area contributed by atoms with E-state index in [2.05, 4.69) is 46.1 Å². The van der Waals surface area contributed by atoms with E-state index in [1.165, 1.54) is 43.2 Å². The van der Waals surface area contributed by atoms with Crippen molar-refractivity contribution >= 4 is 5.97 Å². The van der Waals surface area contributed by atoms with Crippen LogP contribution in [0.4, 0.5) is 0 Å². The molecule has 1 aromatic heterocycles. The summed E-state index contributed by atoms with van der Waals surface area (Å²) in [4.78, 5) is 9.97. The van der Waals surface area contributed by atoms with E-state index in [-0.39, 0.29) is 24.4 Å². The molecule has 204 valence electrons. The van der Waals surface area contributed by atoms with Crippen LogP contribution in [0.2, 0.25) is 0 Å². The summed E-state index contributed by atoms with van der Waals surface area (Å²) in [5.74, 6) is -1.06. The number of nitrogens with one attached hydrogen (secondary N) is 1. The van der Waals surface area contributed by atoms with Gasteiger partial charge in [-0.1, -0.05) is 61.4 Å². The van der Waals surface area contributed by atoms with Crippen molar-refractivity contribution < 1.29 is 29.3 Å². The number of aromatic carboxylic acids is 1. The number of hydrogen-bond donors (Lipinski definition) is 4. The highest BCUT2D eigenvalue weighted by Gasteiger charge is 2.28. The molecule has 0 saturated carbocycles. The number of aliphatic hydroxyl groups excluding tert-OH is 2. The van der Waals surface area contributed by atoms with E-state index in [1.54, 1.807) is 0 Å². The molecule has 0 saturated heterocycles. The zero-order valence-corrected chi connectivity index (χ0v) is 21.8. The Morgan fingerprint density at radius 3 is 2.38 bits per heavy atom. The minimum atomic E-state index is -1.03. The minimum Gasteiger partial charge on any atom is -0.475 e. The highest BCUT2D eigenvalue weighted by atomic mass is 16.5. The highest BCUT2D eigenvalue weighted by molar-refractivity contribution is 5.84. The molecule has 37 heavy (non-hydrogen) atoms. The van der Waals surface area contributed by atoms with Crippen LogP contribution in [0.15, 0.2) is 76.9 Å². The van der Waals surface area contributed by atoms with Crippen LogP contribution in [0.25, 0.3) is 0 Å². The van der Waals surface area contributed by atoms with Gasteiger partial charge in [-0.05, 0) is 68.3 Å². The van der Waals surface area contributed by atoms with Crippen molar-refractivity contribution in [3.05, 3.63) is 83.9 Å². The molecule has 7 nitrogen and oxygen atoms in total. The second-order valence-electron chi connectivity index (χ2n) is 9.47. The average Bonchev–Trinajstić information content (AvgIpc) is 3.48. The molecule has 1 aliphatic carbocycles. The molecule has 7 heteroatoms. The summed E-state index contributed by atoms with van der Waals surface area (Å²) in [5, 5.41) is 30.8. The van der Waals surface area contributed by atoms with Gasteiger partial charge in [-0.15, -0.1) is 0 Å². The molecule has 1 heterocycles. The number of carboxylic acids is 1. The van der Waals surface area contributed by atoms with Crippen molar-refractivity contribution in [1.29, 1.82) is 0 Å². The third-order valence-corrected chi connectivity index (χ3v) is 6.33. The number of carbonyl (C=O) groups is 1. The lowest BCUT2D eigenvalue weighted by Crippen LogP contribution is -2.37. The van der Waals surface area contributed by atoms with Crippen molar-refractivity contribution in [1.82, 2.24) is 5.32 Å². The van der Waals surface area contributed by atoms with Crippen LogP contribution >= 0.6 is 0 Å². The number of hydrogen-bond acceptors (Lipinski definition) is 6. The van der Waals surface area contributed by atoms with Gasteiger partial charge in [0.05, 0.1) is 19.5 Å².